The van der Waals surface area contributed by atoms with Gasteiger partial charge in [-0.3, -0.25) is 0 Å². The van der Waals surface area contributed by atoms with E-state index in [1.807, 2.05) is 19.9 Å². The van der Waals surface area contributed by atoms with Crippen LogP contribution >= 0.6 is 15.9 Å². The normalized spacial score (nSPS) is 17.5. The van der Waals surface area contributed by atoms with Crippen LogP contribution < -0.4 is 4.74 Å². The van der Waals surface area contributed by atoms with Crippen molar-refractivity contribution < 1.29 is 19.4 Å². The van der Waals surface area contributed by atoms with Crippen LogP contribution in [0.25, 0.3) is 0 Å². The number of halogens is 1. The van der Waals surface area contributed by atoms with E-state index in [1.54, 1.807) is 13.0 Å². The molecule has 1 aliphatic heterocycles. The summed E-state index contributed by atoms with van der Waals surface area (Å²) in [6.45, 7) is 5.89. The number of aliphatic hydroxyl groups is 1. The van der Waals surface area contributed by atoms with Crippen LogP contribution in [0, 0.1) is 0 Å². The number of carbonyl (C=O) groups is 1. The summed E-state index contributed by atoms with van der Waals surface area (Å²) in [6, 6.07) is 3.65. The standard InChI is InChI=1S/C14H17BrO4/c1-4-18-13(17)11(16)10-6-9(15)5-8-7-14(2,3)19-12(8)10/h5-6,11,16H,4,7H2,1-3H3. The van der Waals surface area contributed by atoms with Gasteiger partial charge in [-0.25, -0.2) is 4.79 Å². The average Bonchev–Trinajstić information content (AvgIpc) is 2.61. The predicted molar refractivity (Wildman–Crippen MR) is 74.1 cm³/mol. The summed E-state index contributed by atoms with van der Waals surface area (Å²) in [5.41, 5.74) is 1.11. The Morgan fingerprint density at radius 2 is 2.26 bits per heavy atom. The van der Waals surface area contributed by atoms with Crippen molar-refractivity contribution in [3.05, 3.63) is 27.7 Å². The first-order chi connectivity index (χ1) is 8.84. The molecule has 0 bridgehead atoms. The Labute approximate surface area is 120 Å². The molecule has 0 aliphatic carbocycles. The Morgan fingerprint density at radius 3 is 2.89 bits per heavy atom. The first-order valence-corrected chi connectivity index (χ1v) is 6.99. The molecule has 0 saturated carbocycles. The highest BCUT2D eigenvalue weighted by Gasteiger charge is 2.35. The number of esters is 1. The van der Waals surface area contributed by atoms with E-state index in [2.05, 4.69) is 15.9 Å². The third-order valence-electron chi connectivity index (χ3n) is 2.96. The highest BCUT2D eigenvalue weighted by Crippen LogP contribution is 2.42. The van der Waals surface area contributed by atoms with Gasteiger partial charge in [-0.1, -0.05) is 15.9 Å². The first kappa shape index (κ1) is 14.3. The second-order valence-electron chi connectivity index (χ2n) is 5.18. The predicted octanol–water partition coefficient (Wildman–Crippen LogP) is 2.76. The van der Waals surface area contributed by atoms with Crippen LogP contribution in [0.2, 0.25) is 0 Å². The molecule has 1 heterocycles. The zero-order valence-corrected chi connectivity index (χ0v) is 12.8. The Hall–Kier alpha value is -1.07. The summed E-state index contributed by atoms with van der Waals surface area (Å²) >= 11 is 3.39. The van der Waals surface area contributed by atoms with Crippen molar-refractivity contribution in [1.82, 2.24) is 0 Å². The molecule has 1 aromatic rings. The zero-order valence-electron chi connectivity index (χ0n) is 11.2. The third-order valence-corrected chi connectivity index (χ3v) is 3.42. The second kappa shape index (κ2) is 5.13. The molecule has 2 rings (SSSR count). The molecule has 0 aromatic heterocycles. The minimum Gasteiger partial charge on any atom is -0.487 e. The second-order valence-corrected chi connectivity index (χ2v) is 6.09. The highest BCUT2D eigenvalue weighted by atomic mass is 79.9. The van der Waals surface area contributed by atoms with Gasteiger partial charge in [0.2, 0.25) is 0 Å². The van der Waals surface area contributed by atoms with Crippen LogP contribution in [0.3, 0.4) is 0 Å². The number of hydrogen-bond donors (Lipinski definition) is 1. The maximum Gasteiger partial charge on any atom is 0.339 e. The van der Waals surface area contributed by atoms with Crippen molar-refractivity contribution in [3.63, 3.8) is 0 Å². The number of fused-ring (bicyclic) bond motifs is 1. The van der Waals surface area contributed by atoms with Gasteiger partial charge in [0.25, 0.3) is 0 Å². The van der Waals surface area contributed by atoms with Crippen LogP contribution in [0.4, 0.5) is 0 Å². The maximum absolute atomic E-state index is 11.7. The molecular formula is C14H17BrO4. The quantitative estimate of drug-likeness (QED) is 0.867. The van der Waals surface area contributed by atoms with Crippen LogP contribution in [-0.4, -0.2) is 23.3 Å². The lowest BCUT2D eigenvalue weighted by Crippen LogP contribution is -2.25. The van der Waals surface area contributed by atoms with Gasteiger partial charge < -0.3 is 14.6 Å². The van der Waals surface area contributed by atoms with Gasteiger partial charge in [-0.05, 0) is 38.5 Å². The number of benzene rings is 1. The Morgan fingerprint density at radius 1 is 1.58 bits per heavy atom. The van der Waals surface area contributed by atoms with Crippen LogP contribution in [0.1, 0.15) is 38.0 Å². The lowest BCUT2D eigenvalue weighted by Gasteiger charge is -2.19. The number of aliphatic hydroxyl groups excluding tert-OH is 1. The van der Waals surface area contributed by atoms with Gasteiger partial charge in [0, 0.05) is 16.5 Å². The van der Waals surface area contributed by atoms with Crippen LogP contribution in [0.15, 0.2) is 16.6 Å². The van der Waals surface area contributed by atoms with Crippen molar-refractivity contribution in [2.45, 2.75) is 38.9 Å². The molecule has 1 aliphatic rings. The maximum atomic E-state index is 11.7. The van der Waals surface area contributed by atoms with Gasteiger partial charge in [-0.15, -0.1) is 0 Å². The molecule has 1 N–H and O–H groups in total. The molecule has 1 aromatic carbocycles. The van der Waals surface area contributed by atoms with E-state index >= 15 is 0 Å². The van der Waals surface area contributed by atoms with E-state index in [4.69, 9.17) is 9.47 Å². The Bertz CT molecular complexity index is 510. The monoisotopic (exact) mass is 328 g/mol. The molecule has 1 unspecified atom stereocenters. The SMILES string of the molecule is CCOC(=O)C(O)c1cc(Br)cc2c1OC(C)(C)C2. The Balaban J connectivity index is 2.40. The number of hydrogen-bond acceptors (Lipinski definition) is 4. The molecule has 0 spiro atoms. The average molecular weight is 329 g/mol. The first-order valence-electron chi connectivity index (χ1n) is 6.20. The van der Waals surface area contributed by atoms with Gasteiger partial charge in [0.05, 0.1) is 6.61 Å². The van der Waals surface area contributed by atoms with E-state index in [0.717, 1.165) is 16.5 Å². The van der Waals surface area contributed by atoms with E-state index < -0.39 is 12.1 Å². The molecule has 0 amide bonds. The Kier molecular flexibility index (Phi) is 3.87. The molecule has 19 heavy (non-hydrogen) atoms. The van der Waals surface area contributed by atoms with Crippen LogP contribution in [0.5, 0.6) is 5.75 Å². The molecule has 1 atom stereocenters. The van der Waals surface area contributed by atoms with Gasteiger partial charge >= 0.3 is 5.97 Å². The van der Waals surface area contributed by atoms with Gasteiger partial charge in [-0.2, -0.15) is 0 Å². The van der Waals surface area contributed by atoms with E-state index in [9.17, 15) is 9.90 Å². The van der Waals surface area contributed by atoms with E-state index in [-0.39, 0.29) is 12.2 Å². The number of ether oxygens (including phenoxy) is 2. The number of rotatable bonds is 3. The van der Waals surface area contributed by atoms with Crippen LogP contribution in [-0.2, 0) is 16.0 Å². The lowest BCUT2D eigenvalue weighted by molar-refractivity contribution is -0.153. The summed E-state index contributed by atoms with van der Waals surface area (Å²) in [4.78, 5) is 11.7. The van der Waals surface area contributed by atoms with Gasteiger partial charge in [0.15, 0.2) is 6.10 Å². The van der Waals surface area contributed by atoms with Gasteiger partial charge in [0.1, 0.15) is 11.4 Å². The zero-order chi connectivity index (χ0) is 14.2. The van der Waals surface area contributed by atoms with Crippen molar-refractivity contribution in [3.8, 4) is 5.75 Å². The van der Waals surface area contributed by atoms with E-state index in [0.29, 0.717) is 11.3 Å². The number of carbonyl (C=O) groups excluding carboxylic acids is 1. The summed E-state index contributed by atoms with van der Waals surface area (Å²) < 4.78 is 11.5. The molecule has 5 heteroatoms. The molecule has 0 saturated heterocycles. The minimum absolute atomic E-state index is 0.235. The molecule has 0 fully saturated rings. The molecule has 0 radical (unpaired) electrons. The van der Waals surface area contributed by atoms with E-state index in [1.165, 1.54) is 0 Å². The lowest BCUT2D eigenvalue weighted by atomic mass is 9.99. The fraction of sp³-hybridized carbons (Fsp3) is 0.500. The minimum atomic E-state index is -1.32. The summed E-state index contributed by atoms with van der Waals surface area (Å²) in [5, 5.41) is 10.1. The topological polar surface area (TPSA) is 55.8 Å². The summed E-state index contributed by atoms with van der Waals surface area (Å²) in [5.74, 6) is -0.0649. The van der Waals surface area contributed by atoms with Crippen molar-refractivity contribution in [1.29, 1.82) is 0 Å². The third kappa shape index (κ3) is 2.92. The molecule has 4 nitrogen and oxygen atoms in total. The molecule has 104 valence electrons. The van der Waals surface area contributed by atoms with Crippen molar-refractivity contribution in [2.24, 2.45) is 0 Å². The summed E-state index contributed by atoms with van der Waals surface area (Å²) in [6.07, 6.45) is -0.579. The highest BCUT2D eigenvalue weighted by molar-refractivity contribution is 9.10. The van der Waals surface area contributed by atoms with Crippen molar-refractivity contribution in [2.75, 3.05) is 6.61 Å². The summed E-state index contributed by atoms with van der Waals surface area (Å²) in [7, 11) is 0. The fourth-order valence-electron chi connectivity index (χ4n) is 2.25. The largest absolute Gasteiger partial charge is 0.487 e. The fourth-order valence-corrected chi connectivity index (χ4v) is 2.77. The van der Waals surface area contributed by atoms with Crippen molar-refractivity contribution >= 4 is 21.9 Å². The smallest absolute Gasteiger partial charge is 0.339 e. The molecular weight excluding hydrogens is 312 g/mol.